The molecule has 0 unspecified atom stereocenters. The molecule has 0 spiro atoms. The molecule has 0 fully saturated rings. The average Bonchev–Trinajstić information content (AvgIpc) is 2.51. The maximum Gasteiger partial charge on any atom is 0.0317 e. The Morgan fingerprint density at radius 3 is 1.14 bits per heavy atom. The van der Waals surface area contributed by atoms with E-state index in [2.05, 4.69) is 26.0 Å². The van der Waals surface area contributed by atoms with E-state index in [4.69, 9.17) is 11.5 Å². The van der Waals surface area contributed by atoms with E-state index in [1.54, 1.807) is 0 Å². The summed E-state index contributed by atoms with van der Waals surface area (Å²) in [6.07, 6.45) is 0. The van der Waals surface area contributed by atoms with Gasteiger partial charge in [-0.1, -0.05) is 48.5 Å². The Bertz CT molecular complexity index is 658. The minimum atomic E-state index is 0.800. The second-order valence-electron chi connectivity index (χ2n) is 5.30. The zero-order valence-corrected chi connectivity index (χ0v) is 13.1. The van der Waals surface area contributed by atoms with Gasteiger partial charge in [-0.05, 0) is 60.4 Å². The molecule has 0 aromatic heterocycles. The Kier molecular flexibility index (Phi) is 5.21. The number of nitrogens with two attached hydrogens (primary N) is 2. The predicted octanol–water partition coefficient (Wildman–Crippen LogP) is 4.82. The first-order chi connectivity index (χ1) is 10.6. The maximum atomic E-state index is 5.75. The van der Waals surface area contributed by atoms with Crippen LogP contribution < -0.4 is 11.5 Å². The van der Waals surface area contributed by atoms with Crippen LogP contribution in [0.15, 0.2) is 72.8 Å². The quantitative estimate of drug-likeness (QED) is 0.631. The molecule has 3 aromatic carbocycles. The van der Waals surface area contributed by atoms with Crippen molar-refractivity contribution in [2.45, 2.75) is 13.8 Å². The van der Waals surface area contributed by atoms with Crippen molar-refractivity contribution >= 4 is 11.4 Å². The normalized spacial score (nSPS) is 9.73. The fourth-order valence-electron chi connectivity index (χ4n) is 2.36. The van der Waals surface area contributed by atoms with Gasteiger partial charge in [-0.2, -0.15) is 0 Å². The molecule has 3 aromatic rings. The summed E-state index contributed by atoms with van der Waals surface area (Å²) < 4.78 is 0. The Hall–Kier alpha value is -2.74. The van der Waals surface area contributed by atoms with Crippen LogP contribution in [0, 0.1) is 13.8 Å². The second kappa shape index (κ2) is 7.32. The summed E-state index contributed by atoms with van der Waals surface area (Å²) in [5, 5.41) is 0. The van der Waals surface area contributed by atoms with E-state index in [9.17, 15) is 0 Å². The zero-order chi connectivity index (χ0) is 15.9. The fraction of sp³-hybridized carbons (Fsp3) is 0.100. The molecule has 0 saturated heterocycles. The van der Waals surface area contributed by atoms with Crippen molar-refractivity contribution < 1.29 is 0 Å². The van der Waals surface area contributed by atoms with E-state index >= 15 is 0 Å². The van der Waals surface area contributed by atoms with Gasteiger partial charge >= 0.3 is 0 Å². The Morgan fingerprint density at radius 2 is 0.864 bits per heavy atom. The van der Waals surface area contributed by atoms with Gasteiger partial charge in [0.1, 0.15) is 0 Å². The minimum Gasteiger partial charge on any atom is -0.399 e. The van der Waals surface area contributed by atoms with Crippen molar-refractivity contribution in [1.82, 2.24) is 0 Å². The third-order valence-corrected chi connectivity index (χ3v) is 3.46. The van der Waals surface area contributed by atoms with E-state index in [-0.39, 0.29) is 0 Å². The molecule has 0 atom stereocenters. The predicted molar refractivity (Wildman–Crippen MR) is 96.6 cm³/mol. The monoisotopic (exact) mass is 290 g/mol. The lowest BCUT2D eigenvalue weighted by Gasteiger charge is -2.10. The van der Waals surface area contributed by atoms with Crippen LogP contribution in [-0.4, -0.2) is 0 Å². The number of hydrogen-bond donors (Lipinski definition) is 2. The molecule has 3 rings (SSSR count). The van der Waals surface area contributed by atoms with E-state index in [0.29, 0.717) is 0 Å². The first-order valence-corrected chi connectivity index (χ1v) is 7.30. The summed E-state index contributed by atoms with van der Waals surface area (Å²) in [6, 6.07) is 24.0. The third kappa shape index (κ3) is 4.13. The lowest BCUT2D eigenvalue weighted by atomic mass is 9.96. The number of hydrogen-bond acceptors (Lipinski definition) is 2. The van der Waals surface area contributed by atoms with Gasteiger partial charge in [0.05, 0.1) is 0 Å². The number of nitrogen functional groups attached to an aromatic ring is 2. The lowest BCUT2D eigenvalue weighted by molar-refractivity contribution is 1.41. The molecule has 0 radical (unpaired) electrons. The average molecular weight is 290 g/mol. The largest absolute Gasteiger partial charge is 0.399 e. The van der Waals surface area contributed by atoms with Gasteiger partial charge in [0.15, 0.2) is 0 Å². The first kappa shape index (κ1) is 15.6. The van der Waals surface area contributed by atoms with Crippen LogP contribution in [0.2, 0.25) is 0 Å². The molecule has 0 aliphatic heterocycles. The molecule has 0 amide bonds. The summed E-state index contributed by atoms with van der Waals surface area (Å²) in [4.78, 5) is 0. The Labute approximate surface area is 132 Å². The Balaban J connectivity index is 0.000000246. The molecule has 112 valence electrons. The van der Waals surface area contributed by atoms with Crippen LogP contribution in [0.3, 0.4) is 0 Å². The number of benzene rings is 3. The molecule has 0 heterocycles. The van der Waals surface area contributed by atoms with Crippen molar-refractivity contribution in [3.05, 3.63) is 83.9 Å². The highest BCUT2D eigenvalue weighted by Gasteiger charge is 2.05. The van der Waals surface area contributed by atoms with Crippen LogP contribution in [0.5, 0.6) is 0 Å². The van der Waals surface area contributed by atoms with E-state index in [0.717, 1.165) is 11.4 Å². The molecule has 2 heteroatoms. The van der Waals surface area contributed by atoms with Crippen molar-refractivity contribution in [2.24, 2.45) is 0 Å². The topological polar surface area (TPSA) is 52.0 Å². The van der Waals surface area contributed by atoms with Crippen LogP contribution >= 0.6 is 0 Å². The molecular formula is C20H22N2. The third-order valence-electron chi connectivity index (χ3n) is 3.46. The van der Waals surface area contributed by atoms with Crippen molar-refractivity contribution in [3.63, 3.8) is 0 Å². The Morgan fingerprint density at radius 1 is 0.545 bits per heavy atom. The summed E-state index contributed by atoms with van der Waals surface area (Å²) in [6.45, 7) is 4.14. The summed E-state index contributed by atoms with van der Waals surface area (Å²) in [7, 11) is 0. The number of anilines is 2. The second-order valence-corrected chi connectivity index (χ2v) is 5.30. The van der Waals surface area contributed by atoms with Gasteiger partial charge < -0.3 is 11.5 Å². The molecule has 0 aliphatic rings. The van der Waals surface area contributed by atoms with Crippen molar-refractivity contribution in [2.75, 3.05) is 11.5 Å². The standard InChI is InChI=1S/C14H16N2.C6H6/c1-9-7-11(15)3-5-13(9)14-6-4-12(16)8-10(14)2;1-2-4-6-5-3-1/h3-8H,15-16H2,1-2H3;1-6H. The number of rotatable bonds is 1. The summed E-state index contributed by atoms with van der Waals surface area (Å²) in [5.74, 6) is 0. The smallest absolute Gasteiger partial charge is 0.0317 e. The van der Waals surface area contributed by atoms with Crippen LogP contribution in [0.4, 0.5) is 11.4 Å². The minimum absolute atomic E-state index is 0.800. The molecule has 0 saturated carbocycles. The van der Waals surface area contributed by atoms with Gasteiger partial charge in [0, 0.05) is 11.4 Å². The van der Waals surface area contributed by atoms with E-state index in [1.807, 2.05) is 60.7 Å². The highest BCUT2D eigenvalue weighted by Crippen LogP contribution is 2.28. The number of aryl methyl sites for hydroxylation is 2. The highest BCUT2D eigenvalue weighted by molar-refractivity contribution is 5.73. The van der Waals surface area contributed by atoms with Gasteiger partial charge in [0.2, 0.25) is 0 Å². The van der Waals surface area contributed by atoms with Crippen molar-refractivity contribution in [3.8, 4) is 11.1 Å². The molecule has 2 nitrogen and oxygen atoms in total. The van der Waals surface area contributed by atoms with Gasteiger partial charge in [-0.15, -0.1) is 0 Å². The summed E-state index contributed by atoms with van der Waals surface area (Å²) >= 11 is 0. The summed E-state index contributed by atoms with van der Waals surface area (Å²) in [5.41, 5.74) is 17.9. The van der Waals surface area contributed by atoms with Crippen LogP contribution in [-0.2, 0) is 0 Å². The van der Waals surface area contributed by atoms with Gasteiger partial charge in [-0.25, -0.2) is 0 Å². The zero-order valence-electron chi connectivity index (χ0n) is 13.1. The van der Waals surface area contributed by atoms with E-state index in [1.165, 1.54) is 22.3 Å². The first-order valence-electron chi connectivity index (χ1n) is 7.30. The van der Waals surface area contributed by atoms with Gasteiger partial charge in [-0.3, -0.25) is 0 Å². The highest BCUT2D eigenvalue weighted by atomic mass is 14.5. The van der Waals surface area contributed by atoms with Crippen LogP contribution in [0.1, 0.15) is 11.1 Å². The molecular weight excluding hydrogens is 268 g/mol. The van der Waals surface area contributed by atoms with Gasteiger partial charge in [0.25, 0.3) is 0 Å². The van der Waals surface area contributed by atoms with Crippen molar-refractivity contribution in [1.29, 1.82) is 0 Å². The van der Waals surface area contributed by atoms with Crippen LogP contribution in [0.25, 0.3) is 11.1 Å². The molecule has 0 bridgehead atoms. The lowest BCUT2D eigenvalue weighted by Crippen LogP contribution is -1.92. The van der Waals surface area contributed by atoms with E-state index < -0.39 is 0 Å². The maximum absolute atomic E-state index is 5.75. The molecule has 0 aliphatic carbocycles. The SMILES string of the molecule is Cc1cc(N)ccc1-c1ccc(N)cc1C.c1ccccc1. The fourth-order valence-corrected chi connectivity index (χ4v) is 2.36. The molecule has 4 N–H and O–H groups in total. The molecule has 22 heavy (non-hydrogen) atoms.